The highest BCUT2D eigenvalue weighted by atomic mass is 35.5. The van der Waals surface area contributed by atoms with Crippen LogP contribution in [0.5, 0.6) is 5.75 Å². The molecule has 1 fully saturated rings. The van der Waals surface area contributed by atoms with Crippen LogP contribution in [0.2, 0.25) is 5.02 Å². The highest BCUT2D eigenvalue weighted by Gasteiger charge is 2.16. The summed E-state index contributed by atoms with van der Waals surface area (Å²) in [5, 5.41) is 10.2. The summed E-state index contributed by atoms with van der Waals surface area (Å²) in [5.74, 6) is -0.242. The minimum Gasteiger partial charge on any atom is -0.506 e. The molecule has 0 saturated heterocycles. The smallest absolute Gasteiger partial charge is 0.330 e. The maximum Gasteiger partial charge on any atom is 0.330 e. The van der Waals surface area contributed by atoms with E-state index >= 15 is 0 Å². The zero-order valence-electron chi connectivity index (χ0n) is 16.1. The van der Waals surface area contributed by atoms with Crippen molar-refractivity contribution in [3.8, 4) is 5.75 Å². The molecule has 3 rings (SSSR count). The minimum atomic E-state index is -0.338. The number of phenolic OH excluding ortho intramolecular Hbond substituents is 1. The summed E-state index contributed by atoms with van der Waals surface area (Å²) in [6.45, 7) is 2.16. The summed E-state index contributed by atoms with van der Waals surface area (Å²) in [7, 11) is 0. The minimum absolute atomic E-state index is 0.0952. The zero-order chi connectivity index (χ0) is 19.9. The first-order chi connectivity index (χ1) is 13.6. The van der Waals surface area contributed by atoms with Crippen LogP contribution in [0.3, 0.4) is 0 Å². The van der Waals surface area contributed by atoms with Crippen LogP contribution in [0.4, 0.5) is 0 Å². The molecule has 3 nitrogen and oxygen atoms in total. The number of esters is 1. The molecule has 1 aliphatic carbocycles. The predicted molar refractivity (Wildman–Crippen MR) is 114 cm³/mol. The number of hydrogen-bond acceptors (Lipinski definition) is 3. The number of hydrogen-bond donors (Lipinski definition) is 1. The molecule has 4 heteroatoms. The van der Waals surface area contributed by atoms with Gasteiger partial charge in [0.1, 0.15) is 5.75 Å². The van der Waals surface area contributed by atoms with Crippen molar-refractivity contribution in [1.82, 2.24) is 0 Å². The van der Waals surface area contributed by atoms with Gasteiger partial charge in [-0.2, -0.15) is 0 Å². The Hall–Kier alpha value is -2.52. The molecule has 2 aromatic carbocycles. The van der Waals surface area contributed by atoms with E-state index in [2.05, 4.69) is 12.1 Å². The highest BCUT2D eigenvalue weighted by Crippen LogP contribution is 2.37. The molecule has 0 heterocycles. The molecule has 1 N–H and O–H groups in total. The van der Waals surface area contributed by atoms with Crippen molar-refractivity contribution in [2.45, 2.75) is 39.0 Å². The van der Waals surface area contributed by atoms with Gasteiger partial charge in [0.25, 0.3) is 0 Å². The van der Waals surface area contributed by atoms with Crippen LogP contribution in [0.15, 0.2) is 54.1 Å². The average Bonchev–Trinajstić information content (AvgIpc) is 2.71. The second-order valence-electron chi connectivity index (χ2n) is 6.91. The van der Waals surface area contributed by atoms with Crippen molar-refractivity contribution >= 4 is 29.2 Å². The fraction of sp³-hybridized carbons (Fsp3) is 0.292. The summed E-state index contributed by atoms with van der Waals surface area (Å²) in [4.78, 5) is 11.5. The second kappa shape index (κ2) is 9.61. The summed E-state index contributed by atoms with van der Waals surface area (Å²) in [6, 6.07) is 13.5. The van der Waals surface area contributed by atoms with Crippen LogP contribution < -0.4 is 0 Å². The Morgan fingerprint density at radius 2 is 1.75 bits per heavy atom. The van der Waals surface area contributed by atoms with Crippen molar-refractivity contribution in [2.24, 2.45) is 0 Å². The molecule has 0 unspecified atom stereocenters. The standard InChI is InChI=1S/C24H25ClO3/c1-2-28-23(27)15-10-17-8-11-19(12-9-17)24(18-6-4-3-5-7-18)20-13-14-22(26)21(25)16-20/h8-16,26H,2-7H2,1H3. The van der Waals surface area contributed by atoms with Crippen molar-refractivity contribution in [2.75, 3.05) is 6.61 Å². The normalized spacial score (nSPS) is 14.3. The molecule has 146 valence electrons. The first kappa shape index (κ1) is 20.2. The molecule has 0 spiro atoms. The van der Waals surface area contributed by atoms with E-state index in [1.165, 1.54) is 36.5 Å². The van der Waals surface area contributed by atoms with Gasteiger partial charge in [-0.1, -0.05) is 53.9 Å². The van der Waals surface area contributed by atoms with Crippen LogP contribution in [-0.4, -0.2) is 17.7 Å². The lowest BCUT2D eigenvalue weighted by Gasteiger charge is -2.21. The van der Waals surface area contributed by atoms with Gasteiger partial charge in [0.05, 0.1) is 11.6 Å². The van der Waals surface area contributed by atoms with Crippen LogP contribution in [0.1, 0.15) is 55.7 Å². The van der Waals surface area contributed by atoms with Gasteiger partial charge in [-0.15, -0.1) is 0 Å². The van der Waals surface area contributed by atoms with Gasteiger partial charge in [0.2, 0.25) is 0 Å². The van der Waals surface area contributed by atoms with E-state index < -0.39 is 0 Å². The number of benzene rings is 2. The van der Waals surface area contributed by atoms with Gasteiger partial charge in [0, 0.05) is 6.08 Å². The van der Waals surface area contributed by atoms with Crippen LogP contribution in [0, 0.1) is 0 Å². The van der Waals surface area contributed by atoms with E-state index in [9.17, 15) is 9.90 Å². The van der Waals surface area contributed by atoms with E-state index in [0.717, 1.165) is 29.5 Å². The number of halogens is 1. The summed E-state index contributed by atoms with van der Waals surface area (Å²) >= 11 is 6.18. The number of aromatic hydroxyl groups is 1. The predicted octanol–water partition coefficient (Wildman–Crippen LogP) is 6.39. The van der Waals surface area contributed by atoms with Gasteiger partial charge < -0.3 is 9.84 Å². The average molecular weight is 397 g/mol. The lowest BCUT2D eigenvalue weighted by atomic mass is 9.85. The topological polar surface area (TPSA) is 46.5 Å². The van der Waals surface area contributed by atoms with Gasteiger partial charge >= 0.3 is 5.97 Å². The van der Waals surface area contributed by atoms with Crippen molar-refractivity contribution < 1.29 is 14.6 Å². The SMILES string of the molecule is CCOC(=O)C=Cc1ccc(C(=C2CCCCC2)c2ccc(O)c(Cl)c2)cc1. The molecule has 1 saturated carbocycles. The molecule has 0 aromatic heterocycles. The molecule has 0 bridgehead atoms. The Morgan fingerprint density at radius 1 is 1.07 bits per heavy atom. The third-order valence-electron chi connectivity index (χ3n) is 4.94. The van der Waals surface area contributed by atoms with E-state index in [-0.39, 0.29) is 11.7 Å². The molecule has 0 atom stereocenters. The van der Waals surface area contributed by atoms with Gasteiger partial charge in [-0.3, -0.25) is 0 Å². The first-order valence-corrected chi connectivity index (χ1v) is 10.1. The van der Waals surface area contributed by atoms with Crippen LogP contribution in [0.25, 0.3) is 11.6 Å². The molecule has 0 aliphatic heterocycles. The largest absolute Gasteiger partial charge is 0.506 e. The maximum atomic E-state index is 11.5. The molecule has 2 aromatic rings. The number of carbonyl (C=O) groups excluding carboxylic acids is 1. The third kappa shape index (κ3) is 5.05. The van der Waals surface area contributed by atoms with E-state index in [1.54, 1.807) is 19.1 Å². The molecular formula is C24H25ClO3. The summed E-state index contributed by atoms with van der Waals surface area (Å²) in [5.41, 5.74) is 5.71. The number of phenols is 1. The van der Waals surface area contributed by atoms with Crippen molar-refractivity contribution in [1.29, 1.82) is 0 Å². The Balaban J connectivity index is 1.95. The van der Waals surface area contributed by atoms with Crippen LogP contribution in [-0.2, 0) is 9.53 Å². The second-order valence-corrected chi connectivity index (χ2v) is 7.32. The maximum absolute atomic E-state index is 11.5. The molecule has 0 amide bonds. The molecular weight excluding hydrogens is 372 g/mol. The summed E-state index contributed by atoms with van der Waals surface area (Å²) in [6.07, 6.45) is 9.03. The fourth-order valence-corrected chi connectivity index (χ4v) is 3.76. The number of ether oxygens (including phenoxy) is 1. The first-order valence-electron chi connectivity index (χ1n) is 9.74. The number of carbonyl (C=O) groups is 1. The summed E-state index contributed by atoms with van der Waals surface area (Å²) < 4.78 is 4.92. The Bertz CT molecular complexity index is 887. The monoisotopic (exact) mass is 396 g/mol. The van der Waals surface area contributed by atoms with Crippen molar-refractivity contribution in [3.05, 3.63) is 75.8 Å². The lowest BCUT2D eigenvalue weighted by molar-refractivity contribution is -0.137. The van der Waals surface area contributed by atoms with Crippen LogP contribution >= 0.6 is 11.6 Å². The van der Waals surface area contributed by atoms with Gasteiger partial charge in [-0.05, 0) is 73.1 Å². The molecule has 28 heavy (non-hydrogen) atoms. The Morgan fingerprint density at radius 3 is 2.39 bits per heavy atom. The van der Waals surface area contributed by atoms with E-state index in [1.807, 2.05) is 24.3 Å². The van der Waals surface area contributed by atoms with Gasteiger partial charge in [-0.25, -0.2) is 4.79 Å². The Kier molecular flexibility index (Phi) is 6.94. The Labute approximate surface area is 171 Å². The number of allylic oxidation sites excluding steroid dienone is 1. The van der Waals surface area contributed by atoms with E-state index in [0.29, 0.717) is 11.6 Å². The zero-order valence-corrected chi connectivity index (χ0v) is 16.8. The lowest BCUT2D eigenvalue weighted by Crippen LogP contribution is -2.00. The fourth-order valence-electron chi connectivity index (χ4n) is 3.58. The number of rotatable bonds is 5. The van der Waals surface area contributed by atoms with E-state index in [4.69, 9.17) is 16.3 Å². The molecule has 0 radical (unpaired) electrons. The quantitative estimate of drug-likeness (QED) is 0.470. The highest BCUT2D eigenvalue weighted by molar-refractivity contribution is 6.32. The van der Waals surface area contributed by atoms with Crippen molar-refractivity contribution in [3.63, 3.8) is 0 Å². The third-order valence-corrected chi connectivity index (χ3v) is 5.25. The van der Waals surface area contributed by atoms with Gasteiger partial charge in [0.15, 0.2) is 0 Å². The molecule has 1 aliphatic rings.